The van der Waals surface area contributed by atoms with Crippen LogP contribution in [0.25, 0.3) is 21.9 Å². The number of rotatable bonds is 8. The number of nitrogens with zero attached hydrogens (tertiary/aromatic N) is 2. The maximum absolute atomic E-state index is 13.3. The molecule has 2 atom stereocenters. The summed E-state index contributed by atoms with van der Waals surface area (Å²) in [6, 6.07) is 14.6. The van der Waals surface area contributed by atoms with E-state index in [1.807, 2.05) is 42.5 Å². The number of nitrogens with one attached hydrogen (secondary N) is 2. The summed E-state index contributed by atoms with van der Waals surface area (Å²) in [6.45, 7) is 6.29. The van der Waals surface area contributed by atoms with Crippen molar-refractivity contribution in [3.8, 4) is 11.5 Å². The predicted octanol–water partition coefficient (Wildman–Crippen LogP) is 5.96. The van der Waals surface area contributed by atoms with Crippen LogP contribution in [0.3, 0.4) is 0 Å². The first-order valence-electron chi connectivity index (χ1n) is 15.7. The number of carbonyl (C=O) groups excluding carboxylic acids is 1. The van der Waals surface area contributed by atoms with Crippen molar-refractivity contribution >= 4 is 27.8 Å². The lowest BCUT2D eigenvalue weighted by Gasteiger charge is -2.46. The first-order valence-corrected chi connectivity index (χ1v) is 15.7. The van der Waals surface area contributed by atoms with Crippen molar-refractivity contribution in [2.75, 3.05) is 39.8 Å². The molecule has 0 spiro atoms. The summed E-state index contributed by atoms with van der Waals surface area (Å²) in [5, 5.41) is 5.16. The molecule has 2 N–H and O–H groups in total. The van der Waals surface area contributed by atoms with E-state index >= 15 is 0 Å². The fourth-order valence-electron chi connectivity index (χ4n) is 7.53. The van der Waals surface area contributed by atoms with Crippen LogP contribution in [0.4, 0.5) is 0 Å². The molecule has 2 aromatic carbocycles. The van der Waals surface area contributed by atoms with Crippen molar-refractivity contribution in [1.82, 2.24) is 20.1 Å². The molecule has 42 heavy (non-hydrogen) atoms. The van der Waals surface area contributed by atoms with Gasteiger partial charge >= 0.3 is 0 Å². The number of hydrogen-bond donors (Lipinski definition) is 2. The Morgan fingerprint density at radius 1 is 0.976 bits per heavy atom. The average Bonchev–Trinajstić information content (AvgIpc) is 3.66. The van der Waals surface area contributed by atoms with E-state index in [-0.39, 0.29) is 11.9 Å². The zero-order valence-corrected chi connectivity index (χ0v) is 24.6. The topological polar surface area (TPSA) is 83.0 Å². The Labute approximate surface area is 247 Å². The number of likely N-dealkylation sites (tertiary alicyclic amines) is 1. The lowest BCUT2D eigenvalue weighted by Crippen LogP contribution is -2.52. The molecule has 2 aromatic heterocycles. The highest BCUT2D eigenvalue weighted by atomic mass is 16.5. The SMILES string of the molecule is COc1cccc2c(COc3cccc4[nH]c(C(=O)NC5CCN(C[C@@H]6CCCN7CCCCC67)CC5)cc34)coc12. The lowest BCUT2D eigenvalue weighted by molar-refractivity contribution is 0.0351. The number of piperidine rings is 3. The maximum Gasteiger partial charge on any atom is 0.267 e. The first-order chi connectivity index (χ1) is 20.7. The molecule has 3 aliphatic rings. The number of benzene rings is 2. The van der Waals surface area contributed by atoms with Crippen molar-refractivity contribution < 1.29 is 18.7 Å². The van der Waals surface area contributed by atoms with Gasteiger partial charge in [0.15, 0.2) is 11.3 Å². The van der Waals surface area contributed by atoms with Crippen molar-refractivity contribution in [3.05, 3.63) is 60.0 Å². The van der Waals surface area contributed by atoms with Gasteiger partial charge in [-0.05, 0) is 81.8 Å². The number of ether oxygens (including phenoxy) is 2. The van der Waals surface area contributed by atoms with Gasteiger partial charge in [-0.15, -0.1) is 0 Å². The molecule has 222 valence electrons. The highest BCUT2D eigenvalue weighted by Gasteiger charge is 2.34. The summed E-state index contributed by atoms with van der Waals surface area (Å²) < 4.78 is 17.4. The third-order valence-electron chi connectivity index (χ3n) is 9.76. The molecule has 4 aromatic rings. The van der Waals surface area contributed by atoms with E-state index in [2.05, 4.69) is 20.1 Å². The second-order valence-corrected chi connectivity index (χ2v) is 12.3. The molecule has 7 rings (SSSR count). The molecule has 0 radical (unpaired) electrons. The van der Waals surface area contributed by atoms with Crippen molar-refractivity contribution in [1.29, 1.82) is 0 Å². The number of aromatic amines is 1. The normalized spacial score (nSPS) is 22.3. The molecule has 3 fully saturated rings. The number of carbonyl (C=O) groups is 1. The van der Waals surface area contributed by atoms with E-state index in [4.69, 9.17) is 13.9 Å². The zero-order chi connectivity index (χ0) is 28.5. The average molecular weight is 571 g/mol. The van der Waals surface area contributed by atoms with Gasteiger partial charge < -0.3 is 34.0 Å². The smallest absolute Gasteiger partial charge is 0.267 e. The molecule has 0 saturated carbocycles. The summed E-state index contributed by atoms with van der Waals surface area (Å²) in [6.07, 6.45) is 10.6. The van der Waals surface area contributed by atoms with E-state index < -0.39 is 0 Å². The van der Waals surface area contributed by atoms with Crippen LogP contribution >= 0.6 is 0 Å². The lowest BCUT2D eigenvalue weighted by atomic mass is 9.83. The minimum atomic E-state index is -0.0475. The standard InChI is InChI=1S/C34H42N4O4/c1-40-32-12-4-8-26-24(22-42-33(26)32)21-41-31-11-5-9-28-27(31)19-29(36-28)34(39)35-25-13-17-37(18-14-25)20-23-7-6-16-38-15-3-2-10-30(23)38/h4-5,8-9,11-12,19,22-23,25,30,36H,2-3,6-7,10,13-18,20-21H2,1H3,(H,35,39)/t23-,30?/m0/s1. The monoisotopic (exact) mass is 570 g/mol. The Bertz CT molecular complexity index is 1530. The number of methoxy groups -OCH3 is 1. The number of para-hydroxylation sites is 1. The van der Waals surface area contributed by atoms with Crippen molar-refractivity contribution in [2.45, 2.75) is 63.6 Å². The third kappa shape index (κ3) is 5.50. The van der Waals surface area contributed by atoms with Crippen LogP contribution in [0, 0.1) is 5.92 Å². The minimum absolute atomic E-state index is 0.0475. The molecule has 3 saturated heterocycles. The fourth-order valence-corrected chi connectivity index (χ4v) is 7.53. The number of aromatic nitrogens is 1. The Morgan fingerprint density at radius 3 is 2.69 bits per heavy atom. The third-order valence-corrected chi connectivity index (χ3v) is 9.76. The summed E-state index contributed by atoms with van der Waals surface area (Å²) in [4.78, 5) is 22.0. The summed E-state index contributed by atoms with van der Waals surface area (Å²) in [5.74, 6) is 2.19. The van der Waals surface area contributed by atoms with Crippen LogP contribution in [0.2, 0.25) is 0 Å². The first kappa shape index (κ1) is 27.3. The molecular weight excluding hydrogens is 528 g/mol. The molecule has 5 heterocycles. The molecule has 0 aliphatic carbocycles. The Morgan fingerprint density at radius 2 is 1.81 bits per heavy atom. The van der Waals surface area contributed by atoms with Gasteiger partial charge in [-0.2, -0.15) is 0 Å². The Kier molecular flexibility index (Phi) is 7.82. The van der Waals surface area contributed by atoms with Gasteiger partial charge in [0, 0.05) is 53.6 Å². The molecule has 8 heteroatoms. The molecule has 0 bridgehead atoms. The summed E-state index contributed by atoms with van der Waals surface area (Å²) in [7, 11) is 1.64. The van der Waals surface area contributed by atoms with Gasteiger partial charge in [-0.25, -0.2) is 0 Å². The predicted molar refractivity (Wildman–Crippen MR) is 164 cm³/mol. The molecule has 1 unspecified atom stereocenters. The van der Waals surface area contributed by atoms with Crippen LogP contribution in [0.15, 0.2) is 53.1 Å². The van der Waals surface area contributed by atoms with Crippen molar-refractivity contribution in [2.24, 2.45) is 5.92 Å². The van der Waals surface area contributed by atoms with Crippen LogP contribution in [-0.4, -0.2) is 72.6 Å². The van der Waals surface area contributed by atoms with Crippen molar-refractivity contribution in [3.63, 3.8) is 0 Å². The Hall–Kier alpha value is -3.49. The van der Waals surface area contributed by atoms with E-state index in [0.29, 0.717) is 23.6 Å². The van der Waals surface area contributed by atoms with Crippen LogP contribution in [0.5, 0.6) is 11.5 Å². The number of fused-ring (bicyclic) bond motifs is 3. The zero-order valence-electron chi connectivity index (χ0n) is 24.6. The number of H-pyrrole nitrogens is 1. The van der Waals surface area contributed by atoms with E-state index in [1.165, 1.54) is 51.7 Å². The van der Waals surface area contributed by atoms with E-state index in [9.17, 15) is 4.79 Å². The highest BCUT2D eigenvalue weighted by molar-refractivity contribution is 5.99. The number of hydrogen-bond acceptors (Lipinski definition) is 6. The fraction of sp³-hybridized carbons (Fsp3) is 0.500. The molecule has 8 nitrogen and oxygen atoms in total. The van der Waals surface area contributed by atoms with Gasteiger partial charge in [-0.3, -0.25) is 4.79 Å². The second kappa shape index (κ2) is 12.0. The second-order valence-electron chi connectivity index (χ2n) is 12.3. The largest absolute Gasteiger partial charge is 0.493 e. The van der Waals surface area contributed by atoms with Gasteiger partial charge in [0.1, 0.15) is 18.1 Å². The van der Waals surface area contributed by atoms with Gasteiger partial charge in [-0.1, -0.05) is 24.6 Å². The number of furan rings is 1. The highest BCUT2D eigenvalue weighted by Crippen LogP contribution is 2.33. The van der Waals surface area contributed by atoms with Gasteiger partial charge in [0.2, 0.25) is 0 Å². The summed E-state index contributed by atoms with van der Waals surface area (Å²) >= 11 is 0. The molecular formula is C34H42N4O4. The van der Waals surface area contributed by atoms with E-state index in [0.717, 1.165) is 65.5 Å². The maximum atomic E-state index is 13.3. The molecule has 3 aliphatic heterocycles. The van der Waals surface area contributed by atoms with E-state index in [1.54, 1.807) is 13.4 Å². The number of amides is 1. The van der Waals surface area contributed by atoms with Gasteiger partial charge in [0.05, 0.1) is 13.4 Å². The van der Waals surface area contributed by atoms with Crippen LogP contribution < -0.4 is 14.8 Å². The van der Waals surface area contributed by atoms with Crippen LogP contribution in [-0.2, 0) is 6.61 Å². The van der Waals surface area contributed by atoms with Crippen LogP contribution in [0.1, 0.15) is 61.0 Å². The quantitative estimate of drug-likeness (QED) is 0.272. The Balaban J connectivity index is 0.952. The minimum Gasteiger partial charge on any atom is -0.493 e. The molecule has 1 amide bonds. The van der Waals surface area contributed by atoms with Gasteiger partial charge in [0.25, 0.3) is 5.91 Å². The summed E-state index contributed by atoms with van der Waals surface area (Å²) in [5.41, 5.74) is 3.12.